The molecule has 1 heterocycles. The monoisotopic (exact) mass is 922 g/mol. The minimum atomic E-state index is 0. The molecule has 0 saturated heterocycles. The van der Waals surface area contributed by atoms with Crippen molar-refractivity contribution in [1.82, 2.24) is 4.98 Å². The summed E-state index contributed by atoms with van der Waals surface area (Å²) in [6.45, 7) is 4.27. The first-order chi connectivity index (χ1) is 24.0. The van der Waals surface area contributed by atoms with Gasteiger partial charge in [0.1, 0.15) is 0 Å². The van der Waals surface area contributed by atoms with Crippen LogP contribution < -0.4 is 37.2 Å². The van der Waals surface area contributed by atoms with E-state index >= 15 is 0 Å². The third-order valence-corrected chi connectivity index (χ3v) is 12.7. The van der Waals surface area contributed by atoms with Gasteiger partial charge in [-0.2, -0.15) is 0 Å². The fraction of sp³-hybridized carbons (Fsp3) is 0.578. The third kappa shape index (κ3) is 11.8. The van der Waals surface area contributed by atoms with Gasteiger partial charge < -0.3 is 37.2 Å². The molecule has 7 rings (SSSR count). The van der Waals surface area contributed by atoms with Crippen LogP contribution in [-0.4, -0.2) is 16.4 Å². The Hall–Kier alpha value is -0.559. The molecule has 285 valence electrons. The molecule has 1 aromatic heterocycles. The molecule has 3 nitrogen and oxygen atoms in total. The fourth-order valence-corrected chi connectivity index (χ4v) is 9.91. The average Bonchev–Trinajstić information content (AvgIpc) is 3.16. The molecule has 0 amide bonds. The SMILES string of the molecule is CC(=Nc1c(C2CCCCC2)cccc1C1CCCCC1)c1cc(Cl)cc(C(C)=Nc2c(C3CCCCC3)cccc2C2CCCCC2)n1.[Cl-].[Cl-].[Cl-].[Nd+3]. The van der Waals surface area contributed by atoms with E-state index in [0.29, 0.717) is 28.7 Å². The molecule has 4 aliphatic carbocycles. The van der Waals surface area contributed by atoms with Crippen LogP contribution in [0.25, 0.3) is 0 Å². The maximum Gasteiger partial charge on any atom is 3.00 e. The van der Waals surface area contributed by atoms with Gasteiger partial charge in [0.25, 0.3) is 0 Å². The Morgan fingerprint density at radius 3 is 1.02 bits per heavy atom. The van der Waals surface area contributed by atoms with Crippen LogP contribution >= 0.6 is 11.6 Å². The molecule has 0 spiro atoms. The van der Waals surface area contributed by atoms with Crippen molar-refractivity contribution in [3.8, 4) is 0 Å². The standard InChI is InChI=1S/C45H58ClN3.3ClH.Nd/c1-31(47-44-38(33-17-7-3-8-18-33)25-15-26-39(44)34-19-9-4-10-20-34)42-29-37(46)30-43(49-42)32(2)48-45-40(35-21-11-5-12-22-35)27-16-28-41(45)36-23-13-6-14-24-36;;;;/h15-16,25-30,33-36H,3-14,17-24H2,1-2H3;3*1H;/q;;;;+3/p-3. The summed E-state index contributed by atoms with van der Waals surface area (Å²) in [6, 6.07) is 18.1. The molecular formula is C45H58Cl4N3Nd. The molecule has 0 bridgehead atoms. The van der Waals surface area contributed by atoms with Gasteiger partial charge in [-0.05, 0) is 123 Å². The number of aliphatic imine (C=N–C) groups is 2. The number of halogens is 4. The second-order valence-corrected chi connectivity index (χ2v) is 16.3. The summed E-state index contributed by atoms with van der Waals surface area (Å²) >= 11 is 6.91. The van der Waals surface area contributed by atoms with E-state index in [2.05, 4.69) is 50.2 Å². The predicted octanol–water partition coefficient (Wildman–Crippen LogP) is 5.22. The molecule has 4 aliphatic rings. The number of hydrogen-bond acceptors (Lipinski definition) is 3. The van der Waals surface area contributed by atoms with Crippen LogP contribution in [0.15, 0.2) is 58.5 Å². The zero-order valence-electron chi connectivity index (χ0n) is 31.9. The average molecular weight is 927 g/mol. The van der Waals surface area contributed by atoms with Crippen LogP contribution in [0.4, 0.5) is 11.4 Å². The Bertz CT molecular complexity index is 1460. The van der Waals surface area contributed by atoms with Crippen molar-refractivity contribution in [3.63, 3.8) is 0 Å². The van der Waals surface area contributed by atoms with Crippen LogP contribution in [0.1, 0.15) is 200 Å². The van der Waals surface area contributed by atoms with Gasteiger partial charge in [-0.25, -0.2) is 4.98 Å². The summed E-state index contributed by atoms with van der Waals surface area (Å²) in [7, 11) is 0. The molecule has 2 aromatic carbocycles. The molecule has 0 atom stereocenters. The van der Waals surface area contributed by atoms with Crippen molar-refractivity contribution in [2.24, 2.45) is 9.98 Å². The minimum Gasteiger partial charge on any atom is -1.00 e. The Morgan fingerprint density at radius 1 is 0.491 bits per heavy atom. The first-order valence-electron chi connectivity index (χ1n) is 20.1. The van der Waals surface area contributed by atoms with E-state index in [1.54, 1.807) is 0 Å². The molecule has 8 heteroatoms. The van der Waals surface area contributed by atoms with E-state index in [4.69, 9.17) is 26.6 Å². The topological polar surface area (TPSA) is 37.6 Å². The zero-order chi connectivity index (χ0) is 33.6. The molecule has 0 N–H and O–H groups in total. The van der Waals surface area contributed by atoms with E-state index < -0.39 is 0 Å². The summed E-state index contributed by atoms with van der Waals surface area (Å²) in [4.78, 5) is 16.3. The van der Waals surface area contributed by atoms with Gasteiger partial charge in [-0.3, -0.25) is 9.98 Å². The number of nitrogens with zero attached hydrogens (tertiary/aromatic N) is 3. The van der Waals surface area contributed by atoms with Crippen molar-refractivity contribution in [1.29, 1.82) is 0 Å². The van der Waals surface area contributed by atoms with E-state index in [1.165, 1.54) is 162 Å². The molecule has 0 aliphatic heterocycles. The molecule has 1 radical (unpaired) electrons. The Labute approximate surface area is 377 Å². The van der Waals surface area contributed by atoms with Crippen molar-refractivity contribution in [2.75, 3.05) is 0 Å². The second-order valence-electron chi connectivity index (χ2n) is 15.9. The van der Waals surface area contributed by atoms with Gasteiger partial charge >= 0.3 is 40.8 Å². The van der Waals surface area contributed by atoms with Gasteiger partial charge in [-0.15, -0.1) is 0 Å². The van der Waals surface area contributed by atoms with Crippen LogP contribution in [0.2, 0.25) is 5.02 Å². The number of para-hydroxylation sites is 2. The van der Waals surface area contributed by atoms with Crippen molar-refractivity contribution in [3.05, 3.63) is 87.2 Å². The first kappa shape index (κ1) is 46.8. The van der Waals surface area contributed by atoms with E-state index in [1.807, 2.05) is 12.1 Å². The minimum absolute atomic E-state index is 0. The van der Waals surface area contributed by atoms with Gasteiger partial charge in [0.2, 0.25) is 0 Å². The number of benzene rings is 2. The molecule has 3 aromatic rings. The molecule has 4 saturated carbocycles. The Kier molecular flexibility index (Phi) is 20.3. The van der Waals surface area contributed by atoms with E-state index in [0.717, 1.165) is 22.8 Å². The first-order valence-corrected chi connectivity index (χ1v) is 20.5. The number of pyridine rings is 1. The summed E-state index contributed by atoms with van der Waals surface area (Å²) in [5.41, 5.74) is 11.9. The van der Waals surface area contributed by atoms with Crippen LogP contribution in [0.5, 0.6) is 0 Å². The fourth-order valence-electron chi connectivity index (χ4n) is 9.71. The van der Waals surface area contributed by atoms with Gasteiger partial charge in [0, 0.05) is 5.02 Å². The maximum atomic E-state index is 6.91. The number of aromatic nitrogens is 1. The summed E-state index contributed by atoms with van der Waals surface area (Å²) in [5, 5.41) is 0.699. The molecule has 53 heavy (non-hydrogen) atoms. The summed E-state index contributed by atoms with van der Waals surface area (Å²) in [5.74, 6) is 2.40. The maximum absolute atomic E-state index is 6.91. The van der Waals surface area contributed by atoms with Gasteiger partial charge in [-0.1, -0.05) is 125 Å². The number of rotatable bonds is 8. The van der Waals surface area contributed by atoms with Crippen molar-refractivity contribution >= 4 is 34.4 Å². The van der Waals surface area contributed by atoms with Crippen LogP contribution in [0, 0.1) is 40.8 Å². The van der Waals surface area contributed by atoms with Gasteiger partial charge in [0.15, 0.2) is 0 Å². The smallest absolute Gasteiger partial charge is 1.00 e. The zero-order valence-corrected chi connectivity index (χ0v) is 38.2. The van der Waals surface area contributed by atoms with E-state index in [-0.39, 0.29) is 78.1 Å². The van der Waals surface area contributed by atoms with Gasteiger partial charge in [0.05, 0.1) is 34.2 Å². The second kappa shape index (κ2) is 23.0. The van der Waals surface area contributed by atoms with Crippen LogP contribution in [-0.2, 0) is 0 Å². The molecule has 0 unspecified atom stereocenters. The summed E-state index contributed by atoms with van der Waals surface area (Å²) < 4.78 is 0. The predicted molar refractivity (Wildman–Crippen MR) is 209 cm³/mol. The van der Waals surface area contributed by atoms with Crippen molar-refractivity contribution in [2.45, 2.75) is 166 Å². The van der Waals surface area contributed by atoms with Crippen LogP contribution in [0.3, 0.4) is 0 Å². The third-order valence-electron chi connectivity index (χ3n) is 12.5. The summed E-state index contributed by atoms with van der Waals surface area (Å²) in [6.07, 6.45) is 26.2. The quantitative estimate of drug-likeness (QED) is 0.286. The Balaban J connectivity index is 0.00000189. The van der Waals surface area contributed by atoms with E-state index in [9.17, 15) is 0 Å². The normalized spacial score (nSPS) is 19.7. The van der Waals surface area contributed by atoms with Crippen molar-refractivity contribution < 1.29 is 78.1 Å². The molecule has 4 fully saturated rings. The Morgan fingerprint density at radius 2 is 0.755 bits per heavy atom. The largest absolute Gasteiger partial charge is 3.00 e. The number of hydrogen-bond donors (Lipinski definition) is 0. The molecular weight excluding hydrogens is 869 g/mol.